The molecule has 2 aliphatic rings. The molecule has 0 saturated heterocycles. The van der Waals surface area contributed by atoms with Crippen molar-refractivity contribution in [2.45, 2.75) is 43.8 Å². The highest BCUT2D eigenvalue weighted by atomic mass is 19.3. The van der Waals surface area contributed by atoms with E-state index in [9.17, 15) is 13.2 Å². The Kier molecular flexibility index (Phi) is 6.31. The second-order valence-electron chi connectivity index (χ2n) is 8.27. The first-order valence-electron chi connectivity index (χ1n) is 10.7. The van der Waals surface area contributed by atoms with Crippen molar-refractivity contribution < 1.29 is 17.9 Å². The molecule has 4 rings (SSSR count). The topological polar surface area (TPSA) is 50.8 Å². The van der Waals surface area contributed by atoms with E-state index in [1.807, 2.05) is 42.3 Å². The molecule has 2 N–H and O–H groups in total. The zero-order valence-electron chi connectivity index (χ0n) is 18.0. The Hall–Kier alpha value is -3.14. The number of nitrogens with two attached hydrogens (primary N) is 1. The van der Waals surface area contributed by atoms with Crippen LogP contribution >= 0.6 is 0 Å². The van der Waals surface area contributed by atoms with Gasteiger partial charge in [0.2, 0.25) is 0 Å². The predicted molar refractivity (Wildman–Crippen MR) is 119 cm³/mol. The first-order chi connectivity index (χ1) is 15.4. The van der Waals surface area contributed by atoms with E-state index in [1.165, 1.54) is 0 Å². The van der Waals surface area contributed by atoms with Crippen LogP contribution in [-0.4, -0.2) is 37.7 Å². The summed E-state index contributed by atoms with van der Waals surface area (Å²) in [6.07, 6.45) is 2.81. The van der Waals surface area contributed by atoms with Crippen LogP contribution in [0.25, 0.3) is 0 Å². The van der Waals surface area contributed by atoms with Crippen LogP contribution in [0.1, 0.15) is 53.9 Å². The van der Waals surface area contributed by atoms with Crippen molar-refractivity contribution in [1.82, 2.24) is 4.90 Å². The van der Waals surface area contributed by atoms with Crippen molar-refractivity contribution in [3.63, 3.8) is 0 Å². The molecule has 1 aliphatic heterocycles. The highest BCUT2D eigenvalue weighted by Gasteiger charge is 2.42. The number of rotatable bonds is 7. The summed E-state index contributed by atoms with van der Waals surface area (Å²) >= 11 is 0. The fourth-order valence-electron chi connectivity index (χ4n) is 4.12. The summed E-state index contributed by atoms with van der Waals surface area (Å²) in [4.78, 5) is 6.71. The minimum absolute atomic E-state index is 0.217. The maximum Gasteiger partial charge on any atom is 0.387 e. The summed E-state index contributed by atoms with van der Waals surface area (Å²) in [5.74, 6) is 6.94. The van der Waals surface area contributed by atoms with Gasteiger partial charge in [-0.2, -0.15) is 8.78 Å². The van der Waals surface area contributed by atoms with Gasteiger partial charge in [-0.1, -0.05) is 30.0 Å². The molecule has 1 heterocycles. The molecule has 7 heteroatoms. The first-order valence-corrected chi connectivity index (χ1v) is 10.7. The average Bonchev–Trinajstić information content (AvgIpc) is 3.57. The second kappa shape index (κ2) is 9.15. The van der Waals surface area contributed by atoms with Gasteiger partial charge in [-0.3, -0.25) is 4.39 Å². The fourth-order valence-corrected chi connectivity index (χ4v) is 4.12. The molecular formula is C25H26F3N3O. The van der Waals surface area contributed by atoms with Crippen LogP contribution < -0.4 is 10.5 Å². The molecule has 32 heavy (non-hydrogen) atoms. The van der Waals surface area contributed by atoms with Crippen molar-refractivity contribution >= 4 is 5.96 Å². The zero-order valence-corrected chi connectivity index (χ0v) is 18.0. The summed E-state index contributed by atoms with van der Waals surface area (Å²) in [7, 11) is 1.87. The van der Waals surface area contributed by atoms with Crippen LogP contribution in [0.15, 0.2) is 47.5 Å². The molecule has 0 radical (unpaired) electrons. The summed E-state index contributed by atoms with van der Waals surface area (Å²) in [6, 6.07) is 13.1. The monoisotopic (exact) mass is 441 g/mol. The second-order valence-corrected chi connectivity index (χ2v) is 8.27. The van der Waals surface area contributed by atoms with Gasteiger partial charge in [-0.25, -0.2) is 4.99 Å². The van der Waals surface area contributed by atoms with Crippen molar-refractivity contribution in [1.29, 1.82) is 0 Å². The third-order valence-electron chi connectivity index (χ3n) is 5.89. The van der Waals surface area contributed by atoms with Gasteiger partial charge in [0.25, 0.3) is 0 Å². The van der Waals surface area contributed by atoms with E-state index in [-0.39, 0.29) is 18.3 Å². The zero-order chi connectivity index (χ0) is 22.7. The van der Waals surface area contributed by atoms with Crippen molar-refractivity contribution in [2.75, 3.05) is 20.3 Å². The van der Waals surface area contributed by atoms with Gasteiger partial charge in [0.15, 0.2) is 5.96 Å². The Bertz CT molecular complexity index is 1070. The third-order valence-corrected chi connectivity index (χ3v) is 5.89. The van der Waals surface area contributed by atoms with Gasteiger partial charge in [0.1, 0.15) is 11.3 Å². The summed E-state index contributed by atoms with van der Waals surface area (Å²) in [6.45, 7) is -2.74. The van der Waals surface area contributed by atoms with Crippen LogP contribution in [0.3, 0.4) is 0 Å². The standard InChI is InChI=1S/C25H26F3N3O/c1-31-16-25(30-24(31)29,19-8-5-7-17(14-19)6-3-2-4-13-26)20-11-12-22(32-23(27)28)21(15-20)18-9-10-18/h5,7-8,11-12,14-15,18,23H,2,4,9-10,13,16H2,1H3,(H2,29,30)/t25-/m0/s1. The van der Waals surface area contributed by atoms with E-state index in [1.54, 1.807) is 12.1 Å². The SMILES string of the molecule is CN1C[C@](c2cccc(C#CCCCF)c2)(c2ccc(OC(F)F)c(C3CC3)c2)N=C1N. The van der Waals surface area contributed by atoms with E-state index >= 15 is 0 Å². The average molecular weight is 441 g/mol. The van der Waals surface area contributed by atoms with Gasteiger partial charge in [0.05, 0.1) is 13.2 Å². The predicted octanol–water partition coefficient (Wildman–Crippen LogP) is 4.77. The van der Waals surface area contributed by atoms with Crippen LogP contribution in [0, 0.1) is 11.8 Å². The van der Waals surface area contributed by atoms with E-state index in [2.05, 4.69) is 11.8 Å². The quantitative estimate of drug-likeness (QED) is 0.497. The highest BCUT2D eigenvalue weighted by molar-refractivity contribution is 5.81. The van der Waals surface area contributed by atoms with Crippen LogP contribution in [0.5, 0.6) is 5.75 Å². The van der Waals surface area contributed by atoms with Gasteiger partial charge in [-0.15, -0.1) is 0 Å². The molecule has 0 aromatic heterocycles. The highest BCUT2D eigenvalue weighted by Crippen LogP contribution is 2.47. The Balaban J connectivity index is 1.77. The Morgan fingerprint density at radius 2 is 2.00 bits per heavy atom. The van der Waals surface area contributed by atoms with Gasteiger partial charge in [-0.05, 0) is 66.1 Å². The lowest BCUT2D eigenvalue weighted by Crippen LogP contribution is -2.35. The van der Waals surface area contributed by atoms with Gasteiger partial charge >= 0.3 is 6.61 Å². The molecule has 4 nitrogen and oxygen atoms in total. The number of halogens is 3. The maximum atomic E-state index is 12.9. The van der Waals surface area contributed by atoms with Gasteiger partial charge in [0, 0.05) is 19.0 Å². The molecular weight excluding hydrogens is 415 g/mol. The van der Waals surface area contributed by atoms with E-state index in [4.69, 9.17) is 15.5 Å². The summed E-state index contributed by atoms with van der Waals surface area (Å²) in [5, 5.41) is 0. The molecule has 0 bridgehead atoms. The number of unbranched alkanes of at least 4 members (excludes halogenated alkanes) is 1. The number of aliphatic imine (C=N–C) groups is 1. The number of hydrogen-bond acceptors (Lipinski definition) is 4. The third kappa shape index (κ3) is 4.55. The molecule has 0 spiro atoms. The normalized spacial score (nSPS) is 20.2. The van der Waals surface area contributed by atoms with E-state index < -0.39 is 12.2 Å². The molecule has 1 fully saturated rings. The number of nitrogens with zero attached hydrogens (tertiary/aromatic N) is 2. The lowest BCUT2D eigenvalue weighted by atomic mass is 9.82. The lowest BCUT2D eigenvalue weighted by Gasteiger charge is -2.29. The van der Waals surface area contributed by atoms with Crippen LogP contribution in [-0.2, 0) is 5.54 Å². The van der Waals surface area contributed by atoms with E-state index in [0.717, 1.165) is 35.1 Å². The molecule has 168 valence electrons. The fraction of sp³-hybridized carbons (Fsp3) is 0.400. The summed E-state index contributed by atoms with van der Waals surface area (Å²) in [5.41, 5.74) is 8.76. The Labute approximate surface area is 186 Å². The van der Waals surface area contributed by atoms with Crippen molar-refractivity contribution in [2.24, 2.45) is 10.7 Å². The molecule has 2 aromatic carbocycles. The van der Waals surface area contributed by atoms with Crippen LogP contribution in [0.2, 0.25) is 0 Å². The Morgan fingerprint density at radius 1 is 1.22 bits per heavy atom. The molecule has 0 unspecified atom stereocenters. The van der Waals surface area contributed by atoms with Gasteiger partial charge < -0.3 is 15.4 Å². The largest absolute Gasteiger partial charge is 0.435 e. The number of guanidine groups is 1. The molecule has 0 amide bonds. The number of benzene rings is 2. The number of likely N-dealkylation sites (N-methyl/N-ethyl adjacent to an activating group) is 1. The van der Waals surface area contributed by atoms with Crippen molar-refractivity contribution in [3.8, 4) is 17.6 Å². The number of alkyl halides is 3. The number of hydrogen-bond donors (Lipinski definition) is 1. The smallest absolute Gasteiger partial charge is 0.387 e. The van der Waals surface area contributed by atoms with Crippen LogP contribution in [0.4, 0.5) is 13.2 Å². The molecule has 1 atom stereocenters. The van der Waals surface area contributed by atoms with Crippen molar-refractivity contribution in [3.05, 3.63) is 64.7 Å². The number of ether oxygens (including phenoxy) is 1. The molecule has 1 aliphatic carbocycles. The lowest BCUT2D eigenvalue weighted by molar-refractivity contribution is -0.0504. The van der Waals surface area contributed by atoms with E-state index in [0.29, 0.717) is 25.3 Å². The maximum absolute atomic E-state index is 12.9. The molecule has 2 aromatic rings. The summed E-state index contributed by atoms with van der Waals surface area (Å²) < 4.78 is 43.0. The minimum Gasteiger partial charge on any atom is -0.435 e. The Morgan fingerprint density at radius 3 is 2.66 bits per heavy atom. The minimum atomic E-state index is -2.87. The molecule has 1 saturated carbocycles. The first kappa shape index (κ1) is 22.1.